The average molecular weight is 438 g/mol. The Labute approximate surface area is 187 Å². The van der Waals surface area contributed by atoms with Gasteiger partial charge in [0.15, 0.2) is 8.32 Å². The van der Waals surface area contributed by atoms with Crippen molar-refractivity contribution in [3.63, 3.8) is 0 Å². The molecule has 0 aliphatic rings. The topological polar surface area (TPSA) is 56.2 Å². The Balaban J connectivity index is 1.68. The first-order valence-corrected chi connectivity index (χ1v) is 13.8. The average Bonchev–Trinajstić information content (AvgIpc) is 3.14. The molecular formula is C25H35N3O2Si. The number of nitrogens with one attached hydrogen (secondary N) is 1. The predicted molar refractivity (Wildman–Crippen MR) is 132 cm³/mol. The fraction of sp³-hybridized carbons (Fsp3) is 0.440. The molecule has 166 valence electrons. The van der Waals surface area contributed by atoms with Crippen molar-refractivity contribution in [1.29, 1.82) is 0 Å². The molecule has 0 fully saturated rings. The minimum atomic E-state index is -1.71. The second-order valence-corrected chi connectivity index (χ2v) is 15.0. The lowest BCUT2D eigenvalue weighted by molar-refractivity contribution is -0.111. The van der Waals surface area contributed by atoms with Gasteiger partial charge < -0.3 is 19.1 Å². The summed E-state index contributed by atoms with van der Waals surface area (Å²) in [6, 6.07) is 12.4. The molecule has 0 saturated heterocycles. The van der Waals surface area contributed by atoms with Gasteiger partial charge in [0, 0.05) is 23.8 Å². The van der Waals surface area contributed by atoms with Crippen LogP contribution in [0.2, 0.25) is 18.1 Å². The minimum absolute atomic E-state index is 0.227. The Morgan fingerprint density at radius 3 is 2.45 bits per heavy atom. The van der Waals surface area contributed by atoms with E-state index in [1.165, 1.54) is 0 Å². The first-order chi connectivity index (χ1) is 14.4. The zero-order chi connectivity index (χ0) is 22.9. The van der Waals surface area contributed by atoms with E-state index in [0.29, 0.717) is 6.61 Å². The maximum absolute atomic E-state index is 11.3. The summed E-state index contributed by atoms with van der Waals surface area (Å²) in [6.07, 6.45) is 4.81. The Morgan fingerprint density at radius 1 is 1.10 bits per heavy atom. The van der Waals surface area contributed by atoms with E-state index in [1.54, 1.807) is 0 Å². The monoisotopic (exact) mass is 437 g/mol. The smallest absolute Gasteiger partial charge is 0.192 e. The van der Waals surface area contributed by atoms with Crippen LogP contribution in [0.1, 0.15) is 40.3 Å². The summed E-state index contributed by atoms with van der Waals surface area (Å²) in [5.74, 6) is 0. The number of rotatable bonds is 8. The van der Waals surface area contributed by atoms with E-state index in [1.807, 2.05) is 32.2 Å². The van der Waals surface area contributed by atoms with Crippen molar-refractivity contribution in [3.8, 4) is 5.69 Å². The molecule has 3 rings (SSSR count). The molecule has 1 aromatic carbocycles. The summed E-state index contributed by atoms with van der Waals surface area (Å²) in [4.78, 5) is 15.8. The molecule has 31 heavy (non-hydrogen) atoms. The van der Waals surface area contributed by atoms with E-state index in [0.717, 1.165) is 40.8 Å². The summed E-state index contributed by atoms with van der Waals surface area (Å²) >= 11 is 0. The molecule has 5 nitrogen and oxygen atoms in total. The van der Waals surface area contributed by atoms with Gasteiger partial charge in [0.05, 0.1) is 35.1 Å². The van der Waals surface area contributed by atoms with Gasteiger partial charge in [0.1, 0.15) is 6.29 Å². The van der Waals surface area contributed by atoms with Gasteiger partial charge in [-0.3, -0.25) is 4.98 Å². The van der Waals surface area contributed by atoms with Gasteiger partial charge in [-0.1, -0.05) is 20.8 Å². The fourth-order valence-corrected chi connectivity index (χ4v) is 4.21. The molecule has 0 spiro atoms. The second kappa shape index (κ2) is 8.59. The summed E-state index contributed by atoms with van der Waals surface area (Å²) < 4.78 is 8.37. The molecule has 0 bridgehead atoms. The van der Waals surface area contributed by atoms with Crippen LogP contribution in [0.25, 0.3) is 16.6 Å². The third kappa shape index (κ3) is 5.07. The molecule has 0 saturated carbocycles. The molecule has 1 N–H and O–H groups in total. The number of hydrogen-bond donors (Lipinski definition) is 1. The van der Waals surface area contributed by atoms with Crippen molar-refractivity contribution in [3.05, 3.63) is 54.5 Å². The van der Waals surface area contributed by atoms with Crippen LogP contribution in [0, 0.1) is 0 Å². The Kier molecular flexibility index (Phi) is 6.44. The zero-order valence-electron chi connectivity index (χ0n) is 19.8. The lowest BCUT2D eigenvalue weighted by Crippen LogP contribution is -2.41. The Bertz CT molecular complexity index is 1050. The molecule has 2 heterocycles. The van der Waals surface area contributed by atoms with Crippen molar-refractivity contribution in [2.45, 2.75) is 58.2 Å². The molecule has 3 aromatic rings. The van der Waals surface area contributed by atoms with Gasteiger partial charge in [0.2, 0.25) is 0 Å². The van der Waals surface area contributed by atoms with Crippen LogP contribution < -0.4 is 5.32 Å². The highest BCUT2D eigenvalue weighted by Gasteiger charge is 2.36. The van der Waals surface area contributed by atoms with Gasteiger partial charge in [-0.2, -0.15) is 0 Å². The van der Waals surface area contributed by atoms with Crippen molar-refractivity contribution in [1.82, 2.24) is 9.55 Å². The minimum Gasteiger partial charge on any atom is -0.415 e. The lowest BCUT2D eigenvalue weighted by atomic mass is 9.91. The number of fused-ring (bicyclic) bond motifs is 1. The first-order valence-electron chi connectivity index (χ1n) is 10.9. The SMILES string of the molecule is CC(C)(C=O)c1ccc(-n2ccc3cc(NCCO[Si](C)(C)C(C)(C)C)ccc32)cn1. The molecule has 0 aliphatic carbocycles. The third-order valence-corrected chi connectivity index (χ3v) is 10.9. The molecule has 0 aliphatic heterocycles. The molecule has 0 amide bonds. The molecular weight excluding hydrogens is 402 g/mol. The van der Waals surface area contributed by atoms with E-state index in [9.17, 15) is 4.79 Å². The zero-order valence-corrected chi connectivity index (χ0v) is 20.8. The molecule has 0 atom stereocenters. The fourth-order valence-electron chi connectivity index (χ4n) is 3.17. The number of hydrogen-bond acceptors (Lipinski definition) is 4. The van der Waals surface area contributed by atoms with Crippen LogP contribution in [0.4, 0.5) is 5.69 Å². The van der Waals surface area contributed by atoms with Crippen molar-refractivity contribution < 1.29 is 9.22 Å². The summed E-state index contributed by atoms with van der Waals surface area (Å²) in [7, 11) is -1.71. The number of nitrogens with zero attached hydrogens (tertiary/aromatic N) is 2. The van der Waals surface area contributed by atoms with Gasteiger partial charge in [-0.25, -0.2) is 0 Å². The van der Waals surface area contributed by atoms with E-state index in [-0.39, 0.29) is 5.04 Å². The summed E-state index contributed by atoms with van der Waals surface area (Å²) in [5, 5.41) is 4.87. The quantitative estimate of drug-likeness (QED) is 0.269. The van der Waals surface area contributed by atoms with E-state index in [4.69, 9.17) is 4.43 Å². The number of aromatic nitrogens is 2. The standard InChI is InChI=1S/C25H35N3O2Si/c1-24(2,3)31(6,7)30-15-13-26-20-8-10-22-19(16-20)12-14-28(22)21-9-11-23(27-17-21)25(4,5)18-29/h8-12,14,16-18,26H,13,15H2,1-7H3. The van der Waals surface area contributed by atoms with Crippen LogP contribution >= 0.6 is 0 Å². The van der Waals surface area contributed by atoms with Crippen LogP contribution in [-0.4, -0.2) is 37.3 Å². The van der Waals surface area contributed by atoms with Crippen LogP contribution in [0.3, 0.4) is 0 Å². The van der Waals surface area contributed by atoms with E-state index in [2.05, 4.69) is 79.2 Å². The summed E-state index contributed by atoms with van der Waals surface area (Å²) in [6.45, 7) is 16.6. The van der Waals surface area contributed by atoms with Gasteiger partial charge in [0.25, 0.3) is 0 Å². The number of aldehydes is 1. The van der Waals surface area contributed by atoms with Crippen molar-refractivity contribution in [2.75, 3.05) is 18.5 Å². The van der Waals surface area contributed by atoms with Crippen LogP contribution in [0.5, 0.6) is 0 Å². The number of pyridine rings is 1. The van der Waals surface area contributed by atoms with E-state index >= 15 is 0 Å². The highest BCUT2D eigenvalue weighted by molar-refractivity contribution is 6.74. The first kappa shape index (κ1) is 23.2. The molecule has 2 aromatic heterocycles. The number of benzene rings is 1. The highest BCUT2D eigenvalue weighted by Crippen LogP contribution is 2.36. The van der Waals surface area contributed by atoms with Crippen molar-refractivity contribution >= 4 is 31.2 Å². The van der Waals surface area contributed by atoms with Crippen LogP contribution in [0.15, 0.2) is 48.8 Å². The molecule has 6 heteroatoms. The second-order valence-electron chi connectivity index (χ2n) is 10.2. The number of carbonyl (C=O) groups excluding carboxylic acids is 1. The maximum Gasteiger partial charge on any atom is 0.192 e. The molecule has 0 radical (unpaired) electrons. The predicted octanol–water partition coefficient (Wildman–Crippen LogP) is 5.94. The summed E-state index contributed by atoms with van der Waals surface area (Å²) in [5.41, 5.74) is 3.38. The normalized spacial score (nSPS) is 12.9. The van der Waals surface area contributed by atoms with Gasteiger partial charge in [-0.15, -0.1) is 0 Å². The molecule has 0 unspecified atom stereocenters. The Hall–Kier alpha value is -2.44. The van der Waals surface area contributed by atoms with Crippen LogP contribution in [-0.2, 0) is 14.6 Å². The van der Waals surface area contributed by atoms with Gasteiger partial charge in [-0.05, 0) is 68.4 Å². The largest absolute Gasteiger partial charge is 0.415 e. The maximum atomic E-state index is 11.3. The Morgan fingerprint density at radius 2 is 1.84 bits per heavy atom. The van der Waals surface area contributed by atoms with Gasteiger partial charge >= 0.3 is 0 Å². The number of anilines is 1. The third-order valence-electron chi connectivity index (χ3n) is 6.37. The van der Waals surface area contributed by atoms with E-state index < -0.39 is 13.7 Å². The highest BCUT2D eigenvalue weighted by atomic mass is 28.4. The lowest BCUT2D eigenvalue weighted by Gasteiger charge is -2.36. The van der Waals surface area contributed by atoms with Crippen molar-refractivity contribution in [2.24, 2.45) is 0 Å². The number of carbonyl (C=O) groups is 1.